The van der Waals surface area contributed by atoms with E-state index in [2.05, 4.69) is 22.6 Å². The molecule has 1 N–H and O–H groups in total. The van der Waals surface area contributed by atoms with Crippen LogP contribution in [0, 0.1) is 11.3 Å². The van der Waals surface area contributed by atoms with E-state index in [1.165, 1.54) is 0 Å². The Hall–Kier alpha value is -1.73. The summed E-state index contributed by atoms with van der Waals surface area (Å²) in [7, 11) is 0. The first kappa shape index (κ1) is 12.7. The third-order valence-corrected chi connectivity index (χ3v) is 3.36. The Morgan fingerprint density at radius 1 is 1.39 bits per heavy atom. The van der Waals surface area contributed by atoms with Gasteiger partial charge in [-0.15, -0.1) is 0 Å². The number of benzene rings is 1. The number of hydrogen-bond acceptors (Lipinski definition) is 4. The van der Waals surface area contributed by atoms with Gasteiger partial charge in [0.15, 0.2) is 0 Å². The SMILES string of the molecule is CSCCCNc1cc(C#N)c2ccccc2n1. The molecule has 4 heteroatoms. The van der Waals surface area contributed by atoms with E-state index in [4.69, 9.17) is 5.26 Å². The van der Waals surface area contributed by atoms with Gasteiger partial charge in [-0.2, -0.15) is 17.0 Å². The minimum atomic E-state index is 0.674. The Balaban J connectivity index is 2.22. The highest BCUT2D eigenvalue weighted by Gasteiger charge is 2.04. The number of aromatic nitrogens is 1. The van der Waals surface area contributed by atoms with Crippen molar-refractivity contribution in [1.82, 2.24) is 4.98 Å². The van der Waals surface area contributed by atoms with Crippen molar-refractivity contribution in [2.24, 2.45) is 0 Å². The number of nitrogens with zero attached hydrogens (tertiary/aromatic N) is 2. The number of anilines is 1. The Bertz CT molecular complexity index is 575. The average Bonchev–Trinajstić information content (AvgIpc) is 2.42. The van der Waals surface area contributed by atoms with E-state index in [0.717, 1.165) is 35.4 Å². The number of rotatable bonds is 5. The number of para-hydroxylation sites is 1. The molecule has 0 saturated carbocycles. The highest BCUT2D eigenvalue weighted by atomic mass is 32.2. The Labute approximate surface area is 111 Å². The number of thioether (sulfide) groups is 1. The molecule has 0 amide bonds. The second-order valence-electron chi connectivity index (χ2n) is 3.96. The van der Waals surface area contributed by atoms with Crippen LogP contribution in [0.5, 0.6) is 0 Å². The molecule has 2 rings (SSSR count). The van der Waals surface area contributed by atoms with Crippen LogP contribution in [0.25, 0.3) is 10.9 Å². The fourth-order valence-corrected chi connectivity index (χ4v) is 2.22. The topological polar surface area (TPSA) is 48.7 Å². The van der Waals surface area contributed by atoms with Gasteiger partial charge in [0.25, 0.3) is 0 Å². The molecule has 0 atom stereocenters. The molecule has 0 saturated heterocycles. The van der Waals surface area contributed by atoms with E-state index >= 15 is 0 Å². The third kappa shape index (κ3) is 2.93. The minimum Gasteiger partial charge on any atom is -0.370 e. The Morgan fingerprint density at radius 3 is 3.00 bits per heavy atom. The summed E-state index contributed by atoms with van der Waals surface area (Å²) in [4.78, 5) is 4.51. The van der Waals surface area contributed by atoms with Crippen LogP contribution in [0.1, 0.15) is 12.0 Å². The second kappa shape index (κ2) is 6.27. The molecular weight excluding hydrogens is 242 g/mol. The highest BCUT2D eigenvalue weighted by Crippen LogP contribution is 2.19. The summed E-state index contributed by atoms with van der Waals surface area (Å²) in [5.41, 5.74) is 1.54. The molecular formula is C14H15N3S. The molecule has 3 nitrogen and oxygen atoms in total. The smallest absolute Gasteiger partial charge is 0.127 e. The van der Waals surface area contributed by atoms with Gasteiger partial charge in [-0.3, -0.25) is 0 Å². The van der Waals surface area contributed by atoms with Crippen LogP contribution in [0.15, 0.2) is 30.3 Å². The summed E-state index contributed by atoms with van der Waals surface area (Å²) in [6, 6.07) is 11.8. The maximum Gasteiger partial charge on any atom is 0.127 e. The van der Waals surface area contributed by atoms with Crippen molar-refractivity contribution in [3.63, 3.8) is 0 Å². The first-order valence-corrected chi connectivity index (χ1v) is 7.27. The zero-order chi connectivity index (χ0) is 12.8. The van der Waals surface area contributed by atoms with Crippen molar-refractivity contribution in [2.45, 2.75) is 6.42 Å². The van der Waals surface area contributed by atoms with Crippen LogP contribution in [0.2, 0.25) is 0 Å². The van der Waals surface area contributed by atoms with E-state index in [1.807, 2.05) is 42.1 Å². The zero-order valence-corrected chi connectivity index (χ0v) is 11.1. The molecule has 0 aliphatic rings. The van der Waals surface area contributed by atoms with Gasteiger partial charge in [-0.1, -0.05) is 18.2 Å². The number of hydrogen-bond donors (Lipinski definition) is 1. The van der Waals surface area contributed by atoms with Crippen molar-refractivity contribution in [2.75, 3.05) is 23.9 Å². The molecule has 1 aromatic heterocycles. The lowest BCUT2D eigenvalue weighted by Crippen LogP contribution is -2.04. The molecule has 18 heavy (non-hydrogen) atoms. The number of pyridine rings is 1. The van der Waals surface area contributed by atoms with Crippen molar-refractivity contribution in [3.8, 4) is 6.07 Å². The number of nitriles is 1. The lowest BCUT2D eigenvalue weighted by molar-refractivity contribution is 0.984. The van der Waals surface area contributed by atoms with Gasteiger partial charge in [0.05, 0.1) is 17.1 Å². The van der Waals surface area contributed by atoms with Crippen molar-refractivity contribution in [1.29, 1.82) is 5.26 Å². The summed E-state index contributed by atoms with van der Waals surface area (Å²) < 4.78 is 0. The summed E-state index contributed by atoms with van der Waals surface area (Å²) in [6.07, 6.45) is 3.19. The molecule has 1 heterocycles. The summed E-state index contributed by atoms with van der Waals surface area (Å²) in [6.45, 7) is 0.886. The molecule has 0 spiro atoms. The van der Waals surface area contributed by atoms with Gasteiger partial charge in [0, 0.05) is 11.9 Å². The monoisotopic (exact) mass is 257 g/mol. The first-order chi connectivity index (χ1) is 8.85. The molecule has 1 aromatic carbocycles. The van der Waals surface area contributed by atoms with E-state index in [9.17, 15) is 0 Å². The highest BCUT2D eigenvalue weighted by molar-refractivity contribution is 7.98. The average molecular weight is 257 g/mol. The standard InChI is InChI=1S/C14H15N3S/c1-18-8-4-7-16-14-9-11(10-15)12-5-2-3-6-13(12)17-14/h2-3,5-6,9H,4,7-8H2,1H3,(H,16,17). The Kier molecular flexibility index (Phi) is 4.43. The molecule has 0 radical (unpaired) electrons. The maximum atomic E-state index is 9.16. The minimum absolute atomic E-state index is 0.674. The normalized spacial score (nSPS) is 10.2. The lowest BCUT2D eigenvalue weighted by Gasteiger charge is -2.07. The van der Waals surface area contributed by atoms with Crippen LogP contribution >= 0.6 is 11.8 Å². The molecule has 0 unspecified atom stereocenters. The maximum absolute atomic E-state index is 9.16. The fourth-order valence-electron chi connectivity index (χ4n) is 1.79. The van der Waals surface area contributed by atoms with E-state index in [-0.39, 0.29) is 0 Å². The van der Waals surface area contributed by atoms with Crippen LogP contribution < -0.4 is 5.32 Å². The molecule has 0 fully saturated rings. The summed E-state index contributed by atoms with van der Waals surface area (Å²) in [5.74, 6) is 1.91. The van der Waals surface area contributed by atoms with Crippen LogP contribution in [0.3, 0.4) is 0 Å². The van der Waals surface area contributed by atoms with E-state index in [0.29, 0.717) is 5.56 Å². The first-order valence-electron chi connectivity index (χ1n) is 5.88. The van der Waals surface area contributed by atoms with Crippen LogP contribution in [0.4, 0.5) is 5.82 Å². The van der Waals surface area contributed by atoms with Gasteiger partial charge >= 0.3 is 0 Å². The number of fused-ring (bicyclic) bond motifs is 1. The zero-order valence-electron chi connectivity index (χ0n) is 10.3. The number of nitrogens with one attached hydrogen (secondary N) is 1. The quantitative estimate of drug-likeness (QED) is 0.835. The van der Waals surface area contributed by atoms with Crippen molar-refractivity contribution < 1.29 is 0 Å². The summed E-state index contributed by atoms with van der Waals surface area (Å²) >= 11 is 1.83. The molecule has 0 bridgehead atoms. The lowest BCUT2D eigenvalue weighted by atomic mass is 10.1. The van der Waals surface area contributed by atoms with Crippen LogP contribution in [-0.4, -0.2) is 23.5 Å². The van der Waals surface area contributed by atoms with Gasteiger partial charge in [0.2, 0.25) is 0 Å². The Morgan fingerprint density at radius 2 is 2.22 bits per heavy atom. The molecule has 2 aromatic rings. The molecule has 0 aliphatic heterocycles. The van der Waals surface area contributed by atoms with Gasteiger partial charge in [-0.25, -0.2) is 4.98 Å². The third-order valence-electron chi connectivity index (χ3n) is 2.67. The van der Waals surface area contributed by atoms with Gasteiger partial charge in [0.1, 0.15) is 5.82 Å². The van der Waals surface area contributed by atoms with E-state index < -0.39 is 0 Å². The van der Waals surface area contributed by atoms with Crippen molar-refractivity contribution in [3.05, 3.63) is 35.9 Å². The van der Waals surface area contributed by atoms with E-state index in [1.54, 1.807) is 0 Å². The predicted molar refractivity (Wildman–Crippen MR) is 77.9 cm³/mol. The van der Waals surface area contributed by atoms with Gasteiger partial charge in [-0.05, 0) is 30.6 Å². The van der Waals surface area contributed by atoms with Gasteiger partial charge < -0.3 is 5.32 Å². The van der Waals surface area contributed by atoms with Crippen molar-refractivity contribution >= 4 is 28.5 Å². The molecule has 92 valence electrons. The second-order valence-corrected chi connectivity index (χ2v) is 4.94. The molecule has 0 aliphatic carbocycles. The fraction of sp³-hybridized carbons (Fsp3) is 0.286. The van der Waals surface area contributed by atoms with Crippen LogP contribution in [-0.2, 0) is 0 Å². The largest absolute Gasteiger partial charge is 0.370 e. The summed E-state index contributed by atoms with van der Waals surface area (Å²) in [5, 5.41) is 13.3. The predicted octanol–water partition coefficient (Wildman–Crippen LogP) is 3.27.